The molecule has 18 heavy (non-hydrogen) atoms. The molecule has 1 aliphatic heterocycles. The maximum atomic E-state index is 10.9. The number of nitrogens with zero attached hydrogens (tertiary/aromatic N) is 4. The van der Waals surface area contributed by atoms with E-state index < -0.39 is 10.5 Å². The number of β-amino-alcohol motifs (C(OH)–C–C–N with tert-alkyl or cyclic N) is 1. The van der Waals surface area contributed by atoms with Crippen LogP contribution in [-0.4, -0.2) is 38.7 Å². The Morgan fingerprint density at radius 3 is 3.00 bits per heavy atom. The van der Waals surface area contributed by atoms with Crippen molar-refractivity contribution in [3.05, 3.63) is 16.3 Å². The SMILES string of the molecule is CC1(O)CCCN(c2nc(N)ncc2[N+](=O)[O-])C1. The van der Waals surface area contributed by atoms with E-state index in [9.17, 15) is 15.2 Å². The summed E-state index contributed by atoms with van der Waals surface area (Å²) in [6.07, 6.45) is 2.51. The van der Waals surface area contributed by atoms with Crippen LogP contribution >= 0.6 is 0 Å². The van der Waals surface area contributed by atoms with Crippen molar-refractivity contribution < 1.29 is 10.0 Å². The first-order valence-electron chi connectivity index (χ1n) is 5.63. The van der Waals surface area contributed by atoms with Gasteiger partial charge in [-0.1, -0.05) is 0 Å². The molecule has 0 bridgehead atoms. The molecule has 1 aromatic rings. The van der Waals surface area contributed by atoms with Crippen LogP contribution in [0.1, 0.15) is 19.8 Å². The topological polar surface area (TPSA) is 118 Å². The van der Waals surface area contributed by atoms with Gasteiger partial charge in [0.1, 0.15) is 6.20 Å². The highest BCUT2D eigenvalue weighted by Crippen LogP contribution is 2.30. The first kappa shape index (κ1) is 12.5. The maximum absolute atomic E-state index is 10.9. The van der Waals surface area contributed by atoms with E-state index in [1.807, 2.05) is 0 Å². The number of aromatic nitrogens is 2. The second-order valence-corrected chi connectivity index (χ2v) is 4.72. The number of nitrogen functional groups attached to an aromatic ring is 1. The number of rotatable bonds is 2. The third-order valence-electron chi connectivity index (χ3n) is 2.94. The highest BCUT2D eigenvalue weighted by molar-refractivity contribution is 5.58. The Morgan fingerprint density at radius 1 is 1.67 bits per heavy atom. The van der Waals surface area contributed by atoms with E-state index in [0.29, 0.717) is 19.5 Å². The Balaban J connectivity index is 2.37. The van der Waals surface area contributed by atoms with Crippen molar-refractivity contribution in [3.8, 4) is 0 Å². The van der Waals surface area contributed by atoms with Crippen LogP contribution in [0.3, 0.4) is 0 Å². The number of hydrogen-bond acceptors (Lipinski definition) is 7. The molecule has 2 heterocycles. The number of hydrogen-bond donors (Lipinski definition) is 2. The number of anilines is 2. The Hall–Kier alpha value is -1.96. The molecule has 8 nitrogen and oxygen atoms in total. The van der Waals surface area contributed by atoms with Gasteiger partial charge in [0.2, 0.25) is 11.8 Å². The minimum atomic E-state index is -0.869. The van der Waals surface area contributed by atoms with Gasteiger partial charge >= 0.3 is 5.69 Å². The van der Waals surface area contributed by atoms with E-state index in [4.69, 9.17) is 5.73 Å². The maximum Gasteiger partial charge on any atom is 0.329 e. The van der Waals surface area contributed by atoms with Crippen molar-refractivity contribution in [2.75, 3.05) is 23.7 Å². The lowest BCUT2D eigenvalue weighted by Crippen LogP contribution is -2.46. The molecule has 1 unspecified atom stereocenters. The molecule has 0 saturated carbocycles. The average Bonchev–Trinajstić information content (AvgIpc) is 2.27. The fraction of sp³-hybridized carbons (Fsp3) is 0.600. The van der Waals surface area contributed by atoms with Crippen molar-refractivity contribution in [3.63, 3.8) is 0 Å². The van der Waals surface area contributed by atoms with Gasteiger partial charge in [-0.3, -0.25) is 10.1 Å². The first-order valence-corrected chi connectivity index (χ1v) is 5.63. The van der Waals surface area contributed by atoms with Gasteiger partial charge in [0, 0.05) is 13.1 Å². The van der Waals surface area contributed by atoms with Crippen molar-refractivity contribution in [1.82, 2.24) is 9.97 Å². The van der Waals surface area contributed by atoms with Gasteiger partial charge in [-0.15, -0.1) is 0 Å². The standard InChI is InChI=1S/C10H15N5O3/c1-10(16)3-2-4-14(6-10)8-7(15(17)18)5-12-9(11)13-8/h5,16H,2-4,6H2,1H3,(H2,11,12,13). The lowest BCUT2D eigenvalue weighted by molar-refractivity contribution is -0.384. The van der Waals surface area contributed by atoms with E-state index in [1.165, 1.54) is 0 Å². The summed E-state index contributed by atoms with van der Waals surface area (Å²) in [6, 6.07) is 0. The zero-order valence-corrected chi connectivity index (χ0v) is 10.0. The lowest BCUT2D eigenvalue weighted by Gasteiger charge is -2.37. The van der Waals surface area contributed by atoms with Gasteiger partial charge in [0.05, 0.1) is 10.5 Å². The molecule has 1 atom stereocenters. The molecule has 2 rings (SSSR count). The lowest BCUT2D eigenvalue weighted by atomic mass is 9.95. The first-order chi connectivity index (χ1) is 8.39. The molecule has 98 valence electrons. The molecule has 3 N–H and O–H groups in total. The second-order valence-electron chi connectivity index (χ2n) is 4.72. The molecular weight excluding hydrogens is 238 g/mol. The molecule has 1 aromatic heterocycles. The second kappa shape index (κ2) is 4.37. The fourth-order valence-electron chi connectivity index (χ4n) is 2.14. The summed E-state index contributed by atoms with van der Waals surface area (Å²) in [5, 5.41) is 21.0. The molecule has 0 aliphatic carbocycles. The van der Waals surface area contributed by atoms with Crippen molar-refractivity contribution in [1.29, 1.82) is 0 Å². The number of nitro groups is 1. The summed E-state index contributed by atoms with van der Waals surface area (Å²) < 4.78 is 0. The zero-order chi connectivity index (χ0) is 13.3. The molecule has 0 radical (unpaired) electrons. The molecule has 8 heteroatoms. The monoisotopic (exact) mass is 253 g/mol. The highest BCUT2D eigenvalue weighted by atomic mass is 16.6. The molecule has 1 saturated heterocycles. The van der Waals surface area contributed by atoms with Gasteiger partial charge in [-0.2, -0.15) is 4.98 Å². The van der Waals surface area contributed by atoms with Crippen molar-refractivity contribution in [2.45, 2.75) is 25.4 Å². The normalized spacial score (nSPS) is 24.0. The largest absolute Gasteiger partial charge is 0.388 e. The van der Waals surface area contributed by atoms with E-state index in [0.717, 1.165) is 12.6 Å². The van der Waals surface area contributed by atoms with Crippen molar-refractivity contribution >= 4 is 17.5 Å². The molecule has 0 aromatic carbocycles. The summed E-state index contributed by atoms with van der Waals surface area (Å²) in [5.74, 6) is 0.160. The van der Waals surface area contributed by atoms with Crippen LogP contribution in [0.15, 0.2) is 6.20 Å². The van der Waals surface area contributed by atoms with Crippen molar-refractivity contribution in [2.24, 2.45) is 0 Å². The Kier molecular flexibility index (Phi) is 3.04. The number of aliphatic hydroxyl groups is 1. The minimum Gasteiger partial charge on any atom is -0.388 e. The van der Waals surface area contributed by atoms with Crippen LogP contribution in [-0.2, 0) is 0 Å². The minimum absolute atomic E-state index is 0.0131. The zero-order valence-electron chi connectivity index (χ0n) is 10.0. The number of piperidine rings is 1. The fourth-order valence-corrected chi connectivity index (χ4v) is 2.14. The quantitative estimate of drug-likeness (QED) is 0.575. The third kappa shape index (κ3) is 2.48. The summed E-state index contributed by atoms with van der Waals surface area (Å²) in [5.41, 5.74) is 4.41. The summed E-state index contributed by atoms with van der Waals surface area (Å²) in [6.45, 7) is 2.60. The van der Waals surface area contributed by atoms with E-state index in [2.05, 4.69) is 9.97 Å². The summed E-state index contributed by atoms with van der Waals surface area (Å²) >= 11 is 0. The smallest absolute Gasteiger partial charge is 0.329 e. The van der Waals surface area contributed by atoms with Crippen LogP contribution in [0.5, 0.6) is 0 Å². The number of nitrogens with two attached hydrogens (primary N) is 1. The van der Waals surface area contributed by atoms with Gasteiger partial charge < -0.3 is 15.7 Å². The van der Waals surface area contributed by atoms with E-state index in [-0.39, 0.29) is 17.5 Å². The molecular formula is C10H15N5O3. The summed E-state index contributed by atoms with van der Waals surface area (Å²) in [7, 11) is 0. The Morgan fingerprint density at radius 2 is 2.39 bits per heavy atom. The molecule has 0 spiro atoms. The van der Waals surface area contributed by atoms with Gasteiger partial charge in [-0.05, 0) is 19.8 Å². The molecule has 1 fully saturated rings. The summed E-state index contributed by atoms with van der Waals surface area (Å²) in [4.78, 5) is 19.6. The predicted molar refractivity (Wildman–Crippen MR) is 65.2 cm³/mol. The average molecular weight is 253 g/mol. The van der Waals surface area contributed by atoms with Crippen LogP contribution in [0, 0.1) is 10.1 Å². The van der Waals surface area contributed by atoms with Gasteiger partial charge in [0.25, 0.3) is 0 Å². The van der Waals surface area contributed by atoms with Crippen LogP contribution in [0.4, 0.5) is 17.5 Å². The van der Waals surface area contributed by atoms with Gasteiger partial charge in [-0.25, -0.2) is 4.98 Å². The highest BCUT2D eigenvalue weighted by Gasteiger charge is 2.32. The van der Waals surface area contributed by atoms with Crippen LogP contribution in [0.25, 0.3) is 0 Å². The van der Waals surface area contributed by atoms with E-state index in [1.54, 1.807) is 11.8 Å². The Labute approximate surface area is 104 Å². The third-order valence-corrected chi connectivity index (χ3v) is 2.94. The molecule has 1 aliphatic rings. The predicted octanol–water partition coefficient (Wildman–Crippen LogP) is 0.318. The van der Waals surface area contributed by atoms with Crippen LogP contribution < -0.4 is 10.6 Å². The molecule has 0 amide bonds. The van der Waals surface area contributed by atoms with Gasteiger partial charge in [0.15, 0.2) is 0 Å². The Bertz CT molecular complexity index is 477. The van der Waals surface area contributed by atoms with E-state index >= 15 is 0 Å². The van der Waals surface area contributed by atoms with Crippen LogP contribution in [0.2, 0.25) is 0 Å².